The number of aryl methyl sites for hydroxylation is 2. The third kappa shape index (κ3) is 8.01. The Hall–Kier alpha value is -4.17. The van der Waals surface area contributed by atoms with Crippen molar-refractivity contribution in [3.8, 4) is 0 Å². The summed E-state index contributed by atoms with van der Waals surface area (Å²) in [4.78, 5) is 30.5. The molecule has 0 saturated heterocycles. The number of hydrogen-bond acceptors (Lipinski definition) is 4. The Kier molecular flexibility index (Phi) is 9.99. The number of aromatic nitrogens is 2. The number of nitrogens with one attached hydrogen (secondary N) is 2. The highest BCUT2D eigenvalue weighted by Crippen LogP contribution is 2.42. The van der Waals surface area contributed by atoms with E-state index >= 15 is 0 Å². The highest BCUT2D eigenvalue weighted by Gasteiger charge is 2.30. The van der Waals surface area contributed by atoms with Crippen molar-refractivity contribution in [1.29, 1.82) is 0 Å². The van der Waals surface area contributed by atoms with Gasteiger partial charge >= 0.3 is 0 Å². The number of benzene rings is 2. The molecule has 8 nitrogen and oxygen atoms in total. The topological polar surface area (TPSA) is 74.5 Å². The lowest BCUT2D eigenvalue weighted by atomic mass is 9.92. The number of fused-ring (bicyclic) bond motifs is 2. The molecule has 3 aliphatic rings. The number of hydrogen-bond donors (Lipinski definition) is 2. The van der Waals surface area contributed by atoms with E-state index in [-0.39, 0.29) is 17.2 Å². The minimum absolute atomic E-state index is 0.0193. The standard InChI is InChI=1S/C42H53ClN6O2/c1-28-21-35(48-18-17-46-16-6-7-33(46)26-48)22-29(2)41(28)45-39(50)15-9-30-8-10-31(23-30)38-14-12-34-27-47(19-20-49(34)38)32-11-13-37(36(43)24-32)44-40(51)25-42(3,4)5/h6-7,11-14,16,21-22,24,30-31H,8-10,15,17-20,23,25-27H2,1-5H3,(H,44,51)(H,45,50). The second-order valence-electron chi connectivity index (χ2n) is 16.3. The number of rotatable bonds is 9. The highest BCUT2D eigenvalue weighted by molar-refractivity contribution is 6.34. The first-order chi connectivity index (χ1) is 24.4. The summed E-state index contributed by atoms with van der Waals surface area (Å²) in [7, 11) is 0. The van der Waals surface area contributed by atoms with Crippen molar-refractivity contribution in [2.45, 2.75) is 105 Å². The monoisotopic (exact) mass is 708 g/mol. The summed E-state index contributed by atoms with van der Waals surface area (Å²) in [6.45, 7) is 16.0. The molecular weight excluding hydrogens is 656 g/mol. The maximum atomic E-state index is 13.2. The van der Waals surface area contributed by atoms with Crippen LogP contribution in [0.15, 0.2) is 60.8 Å². The van der Waals surface area contributed by atoms with Gasteiger partial charge in [-0.25, -0.2) is 0 Å². The van der Waals surface area contributed by atoms with Gasteiger partial charge in [0.1, 0.15) is 0 Å². The molecule has 1 aliphatic carbocycles. The Morgan fingerprint density at radius 3 is 2.33 bits per heavy atom. The smallest absolute Gasteiger partial charge is 0.224 e. The summed E-state index contributed by atoms with van der Waals surface area (Å²) in [5, 5.41) is 6.81. The zero-order valence-corrected chi connectivity index (χ0v) is 31.7. The first kappa shape index (κ1) is 35.2. The Morgan fingerprint density at radius 1 is 0.824 bits per heavy atom. The van der Waals surface area contributed by atoms with Gasteiger partial charge in [0, 0.05) is 79.4 Å². The molecule has 2 aromatic heterocycles. The van der Waals surface area contributed by atoms with Gasteiger partial charge in [0.05, 0.1) is 23.8 Å². The average molecular weight is 709 g/mol. The molecule has 2 N–H and O–H groups in total. The molecule has 2 aliphatic heterocycles. The molecule has 2 amide bonds. The molecule has 1 fully saturated rings. The number of anilines is 4. The molecule has 270 valence electrons. The fourth-order valence-electron chi connectivity index (χ4n) is 8.49. The Morgan fingerprint density at radius 2 is 1.57 bits per heavy atom. The van der Waals surface area contributed by atoms with Crippen molar-refractivity contribution in [2.75, 3.05) is 33.5 Å². The molecule has 2 unspecified atom stereocenters. The number of halogens is 1. The SMILES string of the molecule is Cc1cc(N2CCn3cccc3C2)cc(C)c1NC(=O)CCC1CCC(c2ccc3n2CCN(c2ccc(NC(=O)CC(C)(C)C)c(Cl)c2)C3)C1. The van der Waals surface area contributed by atoms with Crippen LogP contribution in [-0.4, -0.2) is 34.0 Å². The molecule has 1 saturated carbocycles. The third-order valence-electron chi connectivity index (χ3n) is 11.1. The van der Waals surface area contributed by atoms with E-state index < -0.39 is 0 Å². The number of nitrogens with zero attached hydrogens (tertiary/aromatic N) is 4. The van der Waals surface area contributed by atoms with E-state index in [2.05, 4.69) is 113 Å². The molecule has 4 heterocycles. The van der Waals surface area contributed by atoms with E-state index in [0.29, 0.717) is 35.4 Å². The lowest BCUT2D eigenvalue weighted by molar-refractivity contribution is -0.118. The van der Waals surface area contributed by atoms with Gasteiger partial charge in [-0.05, 0) is 123 Å². The number of carbonyl (C=O) groups excluding carboxylic acids is 2. The zero-order chi connectivity index (χ0) is 35.9. The molecule has 0 spiro atoms. The van der Waals surface area contributed by atoms with Gasteiger partial charge in [0.15, 0.2) is 0 Å². The molecule has 0 bridgehead atoms. The van der Waals surface area contributed by atoms with Crippen LogP contribution < -0.4 is 20.4 Å². The van der Waals surface area contributed by atoms with E-state index in [9.17, 15) is 9.59 Å². The van der Waals surface area contributed by atoms with Gasteiger partial charge in [-0.2, -0.15) is 0 Å². The van der Waals surface area contributed by atoms with Crippen LogP contribution in [0.4, 0.5) is 22.7 Å². The van der Waals surface area contributed by atoms with Crippen LogP contribution in [0.25, 0.3) is 0 Å². The molecule has 9 heteroatoms. The van der Waals surface area contributed by atoms with Crippen molar-refractivity contribution >= 4 is 46.2 Å². The lowest BCUT2D eigenvalue weighted by Crippen LogP contribution is -2.34. The quantitative estimate of drug-likeness (QED) is 0.182. The summed E-state index contributed by atoms with van der Waals surface area (Å²) in [5.41, 5.74) is 10.2. The molecule has 7 rings (SSSR count). The zero-order valence-electron chi connectivity index (χ0n) is 30.9. The predicted octanol–water partition coefficient (Wildman–Crippen LogP) is 9.28. The lowest BCUT2D eigenvalue weighted by Gasteiger charge is -2.32. The summed E-state index contributed by atoms with van der Waals surface area (Å²) >= 11 is 6.64. The normalized spacial score (nSPS) is 18.8. The summed E-state index contributed by atoms with van der Waals surface area (Å²) in [5.74, 6) is 1.21. The van der Waals surface area contributed by atoms with Crippen molar-refractivity contribution in [3.05, 3.63) is 94.0 Å². The first-order valence-electron chi connectivity index (χ1n) is 18.7. The van der Waals surface area contributed by atoms with Crippen LogP contribution in [0.1, 0.15) is 93.4 Å². The van der Waals surface area contributed by atoms with Crippen LogP contribution >= 0.6 is 11.6 Å². The fourth-order valence-corrected chi connectivity index (χ4v) is 8.71. The van der Waals surface area contributed by atoms with Gasteiger partial charge in [-0.15, -0.1) is 0 Å². The largest absolute Gasteiger partial charge is 0.364 e. The van der Waals surface area contributed by atoms with Crippen LogP contribution in [0.2, 0.25) is 5.02 Å². The number of amides is 2. The Bertz CT molecular complexity index is 1890. The Balaban J connectivity index is 0.900. The van der Waals surface area contributed by atoms with Crippen molar-refractivity contribution in [3.63, 3.8) is 0 Å². The van der Waals surface area contributed by atoms with Crippen molar-refractivity contribution in [1.82, 2.24) is 9.13 Å². The summed E-state index contributed by atoms with van der Waals surface area (Å²) in [6, 6.07) is 19.3. The summed E-state index contributed by atoms with van der Waals surface area (Å²) in [6.07, 6.45) is 7.59. The second kappa shape index (κ2) is 14.5. The number of carbonyl (C=O) groups is 2. The molecule has 2 aromatic carbocycles. The van der Waals surface area contributed by atoms with Crippen molar-refractivity contribution in [2.24, 2.45) is 11.3 Å². The highest BCUT2D eigenvalue weighted by atomic mass is 35.5. The van der Waals surface area contributed by atoms with Gasteiger partial charge in [0.2, 0.25) is 11.8 Å². The van der Waals surface area contributed by atoms with E-state index in [4.69, 9.17) is 11.6 Å². The maximum absolute atomic E-state index is 13.2. The summed E-state index contributed by atoms with van der Waals surface area (Å²) < 4.78 is 4.85. The molecule has 51 heavy (non-hydrogen) atoms. The molecule has 0 radical (unpaired) electrons. The molecule has 2 atom stereocenters. The van der Waals surface area contributed by atoms with E-state index in [1.807, 2.05) is 12.1 Å². The van der Waals surface area contributed by atoms with Gasteiger partial charge in [0.25, 0.3) is 0 Å². The average Bonchev–Trinajstić information content (AvgIpc) is 3.84. The van der Waals surface area contributed by atoms with Crippen LogP contribution in [0, 0.1) is 25.2 Å². The van der Waals surface area contributed by atoms with E-state index in [1.54, 1.807) is 0 Å². The minimum atomic E-state index is -0.0803. The van der Waals surface area contributed by atoms with E-state index in [1.165, 1.54) is 35.6 Å². The maximum Gasteiger partial charge on any atom is 0.224 e. The fraction of sp³-hybridized carbons (Fsp3) is 0.476. The second-order valence-corrected chi connectivity index (χ2v) is 16.7. The van der Waals surface area contributed by atoms with Crippen molar-refractivity contribution < 1.29 is 9.59 Å². The molecule has 4 aromatic rings. The first-order valence-corrected chi connectivity index (χ1v) is 19.1. The van der Waals surface area contributed by atoms with Gasteiger partial charge in [-0.3, -0.25) is 9.59 Å². The van der Waals surface area contributed by atoms with Gasteiger partial charge in [-0.1, -0.05) is 32.4 Å². The van der Waals surface area contributed by atoms with Crippen LogP contribution in [-0.2, 0) is 35.8 Å². The predicted molar refractivity (Wildman–Crippen MR) is 209 cm³/mol. The van der Waals surface area contributed by atoms with Crippen LogP contribution in [0.5, 0.6) is 0 Å². The Labute approximate surface area is 308 Å². The third-order valence-corrected chi connectivity index (χ3v) is 11.4. The minimum Gasteiger partial charge on any atom is -0.364 e. The van der Waals surface area contributed by atoms with Crippen LogP contribution in [0.3, 0.4) is 0 Å². The van der Waals surface area contributed by atoms with E-state index in [0.717, 1.165) is 74.6 Å². The van der Waals surface area contributed by atoms with Gasteiger partial charge < -0.3 is 29.6 Å². The molecular formula is C42H53ClN6O2.